The first-order chi connectivity index (χ1) is 8.25. The zero-order valence-electron chi connectivity index (χ0n) is 9.21. The van der Waals surface area contributed by atoms with Crippen LogP contribution < -0.4 is 0 Å². The quantitative estimate of drug-likeness (QED) is 0.794. The van der Waals surface area contributed by atoms with Crippen molar-refractivity contribution < 1.29 is 0 Å². The molecule has 2 aromatic rings. The van der Waals surface area contributed by atoms with E-state index in [1.165, 1.54) is 0 Å². The van der Waals surface area contributed by atoms with Gasteiger partial charge in [-0.25, -0.2) is 4.98 Å². The molecule has 0 spiro atoms. The summed E-state index contributed by atoms with van der Waals surface area (Å²) in [6.45, 7) is 4.56. The monoisotopic (exact) mass is 309 g/mol. The summed E-state index contributed by atoms with van der Waals surface area (Å²) in [5.74, 6) is 0.819. The fraction of sp³-hybridized carbons (Fsp3) is 0.167. The number of nitrogens with zero attached hydrogens (tertiary/aromatic N) is 3. The molecule has 17 heavy (non-hydrogen) atoms. The highest BCUT2D eigenvalue weighted by Gasteiger charge is 2.04. The SMILES string of the molecule is C=C(Br)CSc1nccn1Cc1ccccn1. The van der Waals surface area contributed by atoms with Crippen LogP contribution in [0.2, 0.25) is 0 Å². The number of hydrogen-bond donors (Lipinski definition) is 0. The summed E-state index contributed by atoms with van der Waals surface area (Å²) in [5.41, 5.74) is 1.03. The van der Waals surface area contributed by atoms with Crippen molar-refractivity contribution in [2.45, 2.75) is 11.7 Å². The van der Waals surface area contributed by atoms with E-state index in [0.29, 0.717) is 0 Å². The van der Waals surface area contributed by atoms with Crippen molar-refractivity contribution in [3.63, 3.8) is 0 Å². The molecule has 3 nitrogen and oxygen atoms in total. The minimum Gasteiger partial charge on any atom is -0.320 e. The number of thioether (sulfide) groups is 1. The van der Waals surface area contributed by atoms with Gasteiger partial charge < -0.3 is 4.57 Å². The summed E-state index contributed by atoms with van der Waals surface area (Å²) in [4.78, 5) is 8.63. The predicted octanol–water partition coefficient (Wildman–Crippen LogP) is 3.33. The lowest BCUT2D eigenvalue weighted by Gasteiger charge is -2.06. The van der Waals surface area contributed by atoms with Gasteiger partial charge in [-0.2, -0.15) is 0 Å². The maximum atomic E-state index is 4.32. The molecule has 0 aromatic carbocycles. The molecule has 0 amide bonds. The Morgan fingerprint density at radius 2 is 2.24 bits per heavy atom. The molecule has 0 fully saturated rings. The molecule has 2 aromatic heterocycles. The summed E-state index contributed by atoms with van der Waals surface area (Å²) >= 11 is 5.01. The zero-order valence-corrected chi connectivity index (χ0v) is 11.6. The molecule has 0 unspecified atom stereocenters. The van der Waals surface area contributed by atoms with Gasteiger partial charge in [-0.3, -0.25) is 4.98 Å². The van der Waals surface area contributed by atoms with Gasteiger partial charge in [0, 0.05) is 24.3 Å². The maximum Gasteiger partial charge on any atom is 0.168 e. The highest BCUT2D eigenvalue weighted by molar-refractivity contribution is 9.11. The number of aromatic nitrogens is 3. The van der Waals surface area contributed by atoms with E-state index in [4.69, 9.17) is 0 Å². The molecular weight excluding hydrogens is 298 g/mol. The van der Waals surface area contributed by atoms with Crippen LogP contribution in [-0.2, 0) is 6.54 Å². The van der Waals surface area contributed by atoms with Crippen LogP contribution in [0.3, 0.4) is 0 Å². The number of pyridine rings is 1. The summed E-state index contributed by atoms with van der Waals surface area (Å²) in [6, 6.07) is 5.92. The average molecular weight is 310 g/mol. The Labute approximate surface area is 113 Å². The summed E-state index contributed by atoms with van der Waals surface area (Å²) < 4.78 is 3.05. The van der Waals surface area contributed by atoms with Crippen LogP contribution in [0.4, 0.5) is 0 Å². The normalized spacial score (nSPS) is 10.4. The number of hydrogen-bond acceptors (Lipinski definition) is 3. The number of rotatable bonds is 5. The summed E-state index contributed by atoms with van der Waals surface area (Å²) in [5, 5.41) is 0.983. The molecule has 0 atom stereocenters. The van der Waals surface area contributed by atoms with E-state index in [0.717, 1.165) is 27.6 Å². The molecule has 0 saturated carbocycles. The Bertz CT molecular complexity index is 495. The molecule has 0 aliphatic heterocycles. The maximum absolute atomic E-state index is 4.32. The lowest BCUT2D eigenvalue weighted by atomic mass is 10.3. The van der Waals surface area contributed by atoms with E-state index in [9.17, 15) is 0 Å². The first-order valence-corrected chi connectivity index (χ1v) is 6.90. The molecular formula is C12H12BrN3S. The smallest absolute Gasteiger partial charge is 0.168 e. The van der Waals surface area contributed by atoms with Crippen molar-refractivity contribution in [3.05, 3.63) is 53.5 Å². The lowest BCUT2D eigenvalue weighted by molar-refractivity contribution is 0.694. The van der Waals surface area contributed by atoms with Crippen LogP contribution in [0.1, 0.15) is 5.69 Å². The van der Waals surface area contributed by atoms with Crippen LogP contribution in [0, 0.1) is 0 Å². The third kappa shape index (κ3) is 3.71. The Kier molecular flexibility index (Phi) is 4.39. The lowest BCUT2D eigenvalue weighted by Crippen LogP contribution is -2.02. The van der Waals surface area contributed by atoms with E-state index in [1.807, 2.05) is 30.6 Å². The molecule has 88 valence electrons. The van der Waals surface area contributed by atoms with Crippen LogP contribution in [0.25, 0.3) is 0 Å². The number of halogens is 1. The average Bonchev–Trinajstić information content (AvgIpc) is 2.75. The summed E-state index contributed by atoms with van der Waals surface area (Å²) in [7, 11) is 0. The highest BCUT2D eigenvalue weighted by atomic mass is 79.9. The fourth-order valence-electron chi connectivity index (χ4n) is 1.37. The van der Waals surface area contributed by atoms with E-state index in [2.05, 4.69) is 37.0 Å². The Balaban J connectivity index is 2.06. The molecule has 0 bridgehead atoms. The van der Waals surface area contributed by atoms with Crippen molar-refractivity contribution in [3.8, 4) is 0 Å². The van der Waals surface area contributed by atoms with E-state index in [-0.39, 0.29) is 0 Å². The van der Waals surface area contributed by atoms with Crippen LogP contribution in [0.5, 0.6) is 0 Å². The van der Waals surface area contributed by atoms with E-state index >= 15 is 0 Å². The van der Waals surface area contributed by atoms with Crippen LogP contribution in [-0.4, -0.2) is 20.3 Å². The van der Waals surface area contributed by atoms with Crippen molar-refractivity contribution in [2.24, 2.45) is 0 Å². The van der Waals surface area contributed by atoms with Gasteiger partial charge in [0.05, 0.1) is 12.2 Å². The Hall–Kier alpha value is -1.07. The Morgan fingerprint density at radius 3 is 2.94 bits per heavy atom. The molecule has 0 radical (unpaired) electrons. The predicted molar refractivity (Wildman–Crippen MR) is 74.4 cm³/mol. The highest BCUT2D eigenvalue weighted by Crippen LogP contribution is 2.20. The van der Waals surface area contributed by atoms with E-state index in [1.54, 1.807) is 18.0 Å². The summed E-state index contributed by atoms with van der Waals surface area (Å²) in [6.07, 6.45) is 5.58. The second-order valence-electron chi connectivity index (χ2n) is 3.46. The fourth-order valence-corrected chi connectivity index (χ4v) is 2.42. The molecule has 5 heteroatoms. The second-order valence-corrected chi connectivity index (χ2v) is 5.53. The minimum atomic E-state index is 0.748. The molecule has 0 N–H and O–H groups in total. The van der Waals surface area contributed by atoms with Gasteiger partial charge in [-0.15, -0.1) is 0 Å². The first kappa shape index (κ1) is 12.4. The first-order valence-electron chi connectivity index (χ1n) is 5.13. The molecule has 0 saturated heterocycles. The van der Waals surface area contributed by atoms with Crippen molar-refractivity contribution in [1.29, 1.82) is 0 Å². The van der Waals surface area contributed by atoms with Gasteiger partial charge in [0.15, 0.2) is 5.16 Å². The molecule has 0 aliphatic rings. The van der Waals surface area contributed by atoms with Gasteiger partial charge in [0.25, 0.3) is 0 Å². The van der Waals surface area contributed by atoms with Gasteiger partial charge in [0.1, 0.15) is 0 Å². The van der Waals surface area contributed by atoms with Crippen LogP contribution >= 0.6 is 27.7 Å². The van der Waals surface area contributed by atoms with E-state index < -0.39 is 0 Å². The second kappa shape index (κ2) is 6.02. The third-order valence-electron chi connectivity index (χ3n) is 2.09. The molecule has 2 rings (SSSR count). The van der Waals surface area contributed by atoms with Gasteiger partial charge in [-0.05, 0) is 16.6 Å². The standard InChI is InChI=1S/C12H12BrN3S/c1-10(13)9-17-12-15-6-7-16(12)8-11-4-2-3-5-14-11/h2-7H,1,8-9H2. The van der Waals surface area contributed by atoms with Crippen molar-refractivity contribution in [1.82, 2.24) is 14.5 Å². The van der Waals surface area contributed by atoms with Gasteiger partial charge in [-0.1, -0.05) is 40.3 Å². The largest absolute Gasteiger partial charge is 0.320 e. The molecule has 0 aliphatic carbocycles. The third-order valence-corrected chi connectivity index (χ3v) is 3.84. The van der Waals surface area contributed by atoms with Crippen molar-refractivity contribution in [2.75, 3.05) is 5.75 Å². The van der Waals surface area contributed by atoms with Gasteiger partial charge in [0.2, 0.25) is 0 Å². The van der Waals surface area contributed by atoms with Crippen LogP contribution in [0.15, 0.2) is 53.0 Å². The minimum absolute atomic E-state index is 0.748. The number of imidazole rings is 1. The van der Waals surface area contributed by atoms with Gasteiger partial charge >= 0.3 is 0 Å². The zero-order chi connectivity index (χ0) is 12.1. The van der Waals surface area contributed by atoms with Crippen molar-refractivity contribution >= 4 is 27.7 Å². The topological polar surface area (TPSA) is 30.7 Å². The molecule has 2 heterocycles. The Morgan fingerprint density at radius 1 is 1.35 bits per heavy atom.